The molecule has 2 heterocycles. The Morgan fingerprint density at radius 3 is 1.78 bits per heavy atom. The van der Waals surface area contributed by atoms with Gasteiger partial charge in [-0.1, -0.05) is 66.7 Å². The second kappa shape index (κ2) is 36.0. The SMILES string of the molecule is CC(C)CC/C=C\C=C\C(=O)N[C@H](C(=O)N[C@@H]1C(=O)N[C@H](C(C)C)C(=O)N[C@@H](CCCCN)C(=O)N[C@@H](C(O)C(=O)O)C(=O)N[C@@H](CC(=O)O)C(=O)NCC(=O)N[C@H](C(C)C(=O)O)C(=O)N[C@@H](C(C)C)C(=O)N2C[C@H](C)C(O)[C@H]2C(=O)NC1C)C(C)C(=O)O. The maximum Gasteiger partial charge on any atom is 0.335 e. The number of carbonyl (C=O) groups is 15. The Bertz CT molecular complexity index is 2670. The summed E-state index contributed by atoms with van der Waals surface area (Å²) in [4.78, 5) is 205. The van der Waals surface area contributed by atoms with Crippen molar-refractivity contribution in [2.45, 2.75) is 180 Å². The molecule has 18 N–H and O–H groups in total. The summed E-state index contributed by atoms with van der Waals surface area (Å²) < 4.78 is 0. The number of allylic oxidation sites excluding steroid dienone is 3. The van der Waals surface area contributed by atoms with Crippen molar-refractivity contribution in [3.8, 4) is 0 Å². The van der Waals surface area contributed by atoms with Crippen molar-refractivity contribution in [2.24, 2.45) is 41.2 Å². The lowest BCUT2D eigenvalue weighted by Gasteiger charge is -2.34. The highest BCUT2D eigenvalue weighted by Crippen LogP contribution is 2.27. The van der Waals surface area contributed by atoms with Crippen LogP contribution in [0.1, 0.15) is 108 Å². The summed E-state index contributed by atoms with van der Waals surface area (Å²) in [5, 5.41) is 84.3. The number of hydrogen-bond acceptors (Lipinski definition) is 18. The second-order valence-electron chi connectivity index (χ2n) is 23.2. The van der Waals surface area contributed by atoms with E-state index in [-0.39, 0.29) is 32.4 Å². The van der Waals surface area contributed by atoms with E-state index >= 15 is 0 Å². The van der Waals surface area contributed by atoms with Gasteiger partial charge in [-0.2, -0.15) is 0 Å². The molecule has 0 spiro atoms. The summed E-state index contributed by atoms with van der Waals surface area (Å²) in [6, 6.07) is -19.6. The van der Waals surface area contributed by atoms with Crippen LogP contribution >= 0.6 is 0 Å². The molecule has 15 atom stereocenters. The molecule has 0 saturated carbocycles. The monoisotopic (exact) mass is 1260 g/mol. The van der Waals surface area contributed by atoms with Gasteiger partial charge in [-0.15, -0.1) is 0 Å². The van der Waals surface area contributed by atoms with E-state index in [1.165, 1.54) is 40.7 Å². The van der Waals surface area contributed by atoms with Crippen LogP contribution in [0.25, 0.3) is 0 Å². The van der Waals surface area contributed by atoms with E-state index in [0.29, 0.717) is 12.3 Å². The van der Waals surface area contributed by atoms with Crippen LogP contribution < -0.4 is 58.9 Å². The molecular weight excluding hydrogens is 1180 g/mol. The Hall–Kier alpha value is -8.59. The Morgan fingerprint density at radius 2 is 1.22 bits per heavy atom. The van der Waals surface area contributed by atoms with E-state index in [1.807, 2.05) is 29.8 Å². The predicted molar refractivity (Wildman–Crippen MR) is 311 cm³/mol. The number of carboxylic acids is 4. The first-order chi connectivity index (χ1) is 41.5. The highest BCUT2D eigenvalue weighted by Gasteiger charge is 2.49. The van der Waals surface area contributed by atoms with Gasteiger partial charge in [-0.3, -0.25) is 67.1 Å². The number of amides is 11. The number of hydrogen-bond donors (Lipinski definition) is 17. The third kappa shape index (κ3) is 23.5. The smallest absolute Gasteiger partial charge is 0.335 e. The third-order valence-electron chi connectivity index (χ3n) is 14.7. The number of rotatable bonds is 22. The number of fused-ring (bicyclic) bond motifs is 1. The molecular formula is C56H88N12O21. The molecule has 2 rings (SSSR count). The normalized spacial score (nSPS) is 26.6. The maximum atomic E-state index is 14.8. The molecule has 2 aliphatic heterocycles. The van der Waals surface area contributed by atoms with Gasteiger partial charge in [0, 0.05) is 18.5 Å². The van der Waals surface area contributed by atoms with Crippen molar-refractivity contribution in [2.75, 3.05) is 19.6 Å². The molecule has 0 aromatic heterocycles. The fourth-order valence-electron chi connectivity index (χ4n) is 9.25. The van der Waals surface area contributed by atoms with Gasteiger partial charge in [0.05, 0.1) is 36.9 Å². The van der Waals surface area contributed by atoms with Crippen molar-refractivity contribution >= 4 is 88.9 Å². The molecule has 33 heteroatoms. The molecule has 0 aromatic carbocycles. The minimum Gasteiger partial charge on any atom is -0.481 e. The molecule has 2 aliphatic rings. The summed E-state index contributed by atoms with van der Waals surface area (Å²) >= 11 is 0. The lowest BCUT2D eigenvalue weighted by atomic mass is 9.97. The third-order valence-corrected chi connectivity index (χ3v) is 14.7. The number of aliphatic hydroxyl groups is 2. The van der Waals surface area contributed by atoms with Gasteiger partial charge in [0.2, 0.25) is 65.0 Å². The van der Waals surface area contributed by atoms with Crippen molar-refractivity contribution < 1.29 is 103 Å². The summed E-state index contributed by atoms with van der Waals surface area (Å²) in [6.07, 6.45) is 1.24. The molecule has 5 unspecified atom stereocenters. The van der Waals surface area contributed by atoms with Gasteiger partial charge < -0.3 is 94.4 Å². The van der Waals surface area contributed by atoms with Crippen LogP contribution in [0.15, 0.2) is 24.3 Å². The zero-order valence-electron chi connectivity index (χ0n) is 51.4. The van der Waals surface area contributed by atoms with Gasteiger partial charge in [-0.05, 0) is 77.2 Å². The number of carboxylic acid groups (broad SMARTS) is 4. The average molecular weight is 1270 g/mol. The number of unbranched alkanes of at least 4 members (excludes halogenated alkanes) is 1. The minimum atomic E-state index is -2.85. The van der Waals surface area contributed by atoms with Crippen LogP contribution in [0, 0.1) is 35.5 Å². The molecule has 0 aromatic rings. The van der Waals surface area contributed by atoms with Gasteiger partial charge in [0.25, 0.3) is 0 Å². The molecule has 0 aliphatic carbocycles. The molecule has 2 fully saturated rings. The number of nitrogens with one attached hydrogen (secondary N) is 10. The molecule has 0 bridgehead atoms. The van der Waals surface area contributed by atoms with Gasteiger partial charge in [-0.25, -0.2) is 4.79 Å². The molecule has 498 valence electrons. The summed E-state index contributed by atoms with van der Waals surface area (Å²) in [5.41, 5.74) is 5.68. The van der Waals surface area contributed by atoms with Gasteiger partial charge in [0.1, 0.15) is 54.4 Å². The van der Waals surface area contributed by atoms with E-state index < -0.39 is 204 Å². The number of nitrogens with two attached hydrogens (primary N) is 1. The summed E-state index contributed by atoms with van der Waals surface area (Å²) in [5.74, 6) is -27.2. The number of carbonyl (C=O) groups excluding carboxylic acids is 11. The molecule has 11 amide bonds. The number of nitrogens with zero attached hydrogens (tertiary/aromatic N) is 1. The number of aliphatic carboxylic acids is 4. The summed E-state index contributed by atoms with van der Waals surface area (Å²) in [6.45, 7) is 12.9. The molecule has 2 saturated heterocycles. The first kappa shape index (κ1) is 76.5. The van der Waals surface area contributed by atoms with E-state index in [2.05, 4.69) is 37.2 Å². The summed E-state index contributed by atoms with van der Waals surface area (Å²) in [7, 11) is 0. The quantitative estimate of drug-likeness (QED) is 0.0274. The Kier molecular flexibility index (Phi) is 31.0. The van der Waals surface area contributed by atoms with Gasteiger partial charge in [0.15, 0.2) is 6.10 Å². The van der Waals surface area contributed by atoms with Crippen LogP contribution in [0.4, 0.5) is 0 Å². The maximum absolute atomic E-state index is 14.8. The van der Waals surface area contributed by atoms with E-state index in [4.69, 9.17) is 5.73 Å². The Balaban J connectivity index is 3.00. The zero-order valence-corrected chi connectivity index (χ0v) is 51.4. The highest BCUT2D eigenvalue weighted by molar-refractivity contribution is 6.02. The van der Waals surface area contributed by atoms with Crippen LogP contribution in [-0.2, 0) is 71.9 Å². The van der Waals surface area contributed by atoms with E-state index in [0.717, 1.165) is 38.2 Å². The zero-order chi connectivity index (χ0) is 67.9. The molecule has 33 nitrogen and oxygen atoms in total. The lowest BCUT2D eigenvalue weighted by molar-refractivity contribution is -0.153. The van der Waals surface area contributed by atoms with E-state index in [9.17, 15) is 103 Å². The van der Waals surface area contributed by atoms with Crippen molar-refractivity contribution in [3.63, 3.8) is 0 Å². The highest BCUT2D eigenvalue weighted by atomic mass is 16.4. The first-order valence-corrected chi connectivity index (χ1v) is 29.1. The largest absolute Gasteiger partial charge is 0.481 e. The fraction of sp³-hybridized carbons (Fsp3) is 0.661. The van der Waals surface area contributed by atoms with Crippen LogP contribution in [0.3, 0.4) is 0 Å². The van der Waals surface area contributed by atoms with Crippen molar-refractivity contribution in [1.82, 2.24) is 58.1 Å². The minimum absolute atomic E-state index is 0.0392. The average Bonchev–Trinajstić information content (AvgIpc) is 3.14. The molecule has 0 radical (unpaired) electrons. The lowest BCUT2D eigenvalue weighted by Crippen LogP contribution is -2.66. The van der Waals surface area contributed by atoms with E-state index in [1.54, 1.807) is 12.2 Å². The molecule has 89 heavy (non-hydrogen) atoms. The van der Waals surface area contributed by atoms with Crippen LogP contribution in [0.2, 0.25) is 0 Å². The Labute approximate surface area is 513 Å². The topological polar surface area (TPSA) is 527 Å². The second-order valence-corrected chi connectivity index (χ2v) is 23.2. The Morgan fingerprint density at radius 1 is 0.652 bits per heavy atom. The first-order valence-electron chi connectivity index (χ1n) is 29.1. The predicted octanol–water partition coefficient (Wildman–Crippen LogP) is -4.94. The van der Waals surface area contributed by atoms with Crippen LogP contribution in [-0.4, -0.2) is 217 Å². The fourth-order valence-corrected chi connectivity index (χ4v) is 9.25. The van der Waals surface area contributed by atoms with Crippen molar-refractivity contribution in [1.29, 1.82) is 0 Å². The number of aliphatic hydroxyl groups excluding tert-OH is 2. The van der Waals surface area contributed by atoms with Gasteiger partial charge >= 0.3 is 23.9 Å². The van der Waals surface area contributed by atoms with Crippen molar-refractivity contribution in [3.05, 3.63) is 24.3 Å². The standard InChI is InChI=1S/C56H88N12O21/c1-24(2)17-13-11-12-14-19-33(69)62-38(28(8)54(84)85)49(79)66-40-30(10)59-52(82)42-43(73)27(7)23-68(42)53(83)37(26(5)6)65-48(78)39(29(9)55(86)87)63-34(70)22-58-45(75)32(21-35(71)72)61-51(81)41(44(74)56(88)89)67-46(76)31(18-15-16-20-57)60-47(77)36(25(3)4)64-50(40)80/h11-12,14,19,24-32,36-44,73-74H,13,15-18,20-23,57H2,1-10H3,(H,58,75)(H,59,82)(H,60,77)(H,61,81)(H,62,69)(H,63,70)(H,64,80)(H,65,78)(H,66,79)(H,67,76)(H,71,72)(H,84,85)(H,86,87)(H,88,89)/b12-11-,19-14+/t27-,28?,29?,30?,31-,32-,36+,37-,38-,39+,40-,41-,42-,43?,44?/m0/s1. The van der Waals surface area contributed by atoms with Crippen LogP contribution in [0.5, 0.6) is 0 Å².